The monoisotopic (exact) mass is 374 g/mol. The Morgan fingerprint density at radius 1 is 1.07 bits per heavy atom. The van der Waals surface area contributed by atoms with Crippen LogP contribution in [0.3, 0.4) is 0 Å². The molecule has 28 heavy (non-hydrogen) atoms. The Morgan fingerprint density at radius 3 is 2.54 bits per heavy atom. The summed E-state index contributed by atoms with van der Waals surface area (Å²) < 4.78 is 12.4. The third-order valence-electron chi connectivity index (χ3n) is 4.13. The molecule has 4 aromatic rings. The normalized spacial score (nSPS) is 10.6. The van der Waals surface area contributed by atoms with Gasteiger partial charge in [-0.15, -0.1) is 0 Å². The van der Waals surface area contributed by atoms with Gasteiger partial charge in [-0.3, -0.25) is 9.20 Å². The average Bonchev–Trinajstić information content (AvgIpc) is 3.17. The summed E-state index contributed by atoms with van der Waals surface area (Å²) in [7, 11) is 1.60. The highest BCUT2D eigenvalue weighted by atomic mass is 16.5. The van der Waals surface area contributed by atoms with E-state index in [2.05, 4.69) is 15.3 Å². The Balaban J connectivity index is 1.36. The molecule has 0 aliphatic heterocycles. The summed E-state index contributed by atoms with van der Waals surface area (Å²) in [4.78, 5) is 20.8. The van der Waals surface area contributed by atoms with Crippen LogP contribution in [0.4, 0.5) is 5.69 Å². The summed E-state index contributed by atoms with van der Waals surface area (Å²) in [6.45, 7) is -0.0772. The summed E-state index contributed by atoms with van der Waals surface area (Å²) in [5.41, 5.74) is 2.45. The lowest BCUT2D eigenvalue weighted by Gasteiger charge is -2.08. The Labute approximate surface area is 161 Å². The Bertz CT molecular complexity index is 1060. The molecule has 2 aromatic carbocycles. The molecule has 0 fully saturated rings. The van der Waals surface area contributed by atoms with Crippen LogP contribution in [-0.2, 0) is 4.79 Å². The lowest BCUT2D eigenvalue weighted by Crippen LogP contribution is -2.20. The van der Waals surface area contributed by atoms with Gasteiger partial charge in [-0.25, -0.2) is 9.97 Å². The molecule has 7 heteroatoms. The first-order valence-electron chi connectivity index (χ1n) is 8.68. The van der Waals surface area contributed by atoms with Gasteiger partial charge in [0.25, 0.3) is 5.91 Å². The van der Waals surface area contributed by atoms with Crippen molar-refractivity contribution in [1.82, 2.24) is 14.4 Å². The third-order valence-corrected chi connectivity index (χ3v) is 4.13. The van der Waals surface area contributed by atoms with Gasteiger partial charge >= 0.3 is 0 Å². The fourth-order valence-corrected chi connectivity index (χ4v) is 2.71. The van der Waals surface area contributed by atoms with Crippen molar-refractivity contribution in [3.05, 3.63) is 73.2 Å². The molecule has 0 atom stereocenters. The van der Waals surface area contributed by atoms with E-state index >= 15 is 0 Å². The van der Waals surface area contributed by atoms with Gasteiger partial charge in [0.2, 0.25) is 5.78 Å². The van der Waals surface area contributed by atoms with Crippen LogP contribution < -0.4 is 14.8 Å². The molecule has 0 saturated carbocycles. The number of anilines is 1. The maximum atomic E-state index is 12.1. The zero-order valence-electron chi connectivity index (χ0n) is 15.2. The molecule has 0 aliphatic rings. The second-order valence-corrected chi connectivity index (χ2v) is 6.04. The van der Waals surface area contributed by atoms with Gasteiger partial charge in [0, 0.05) is 29.8 Å². The van der Waals surface area contributed by atoms with Crippen LogP contribution in [0, 0.1) is 0 Å². The smallest absolute Gasteiger partial charge is 0.262 e. The summed E-state index contributed by atoms with van der Waals surface area (Å²) in [6.07, 6.45) is 5.52. The quantitative estimate of drug-likeness (QED) is 0.559. The third kappa shape index (κ3) is 3.93. The van der Waals surface area contributed by atoms with Crippen molar-refractivity contribution in [3.8, 4) is 22.8 Å². The zero-order chi connectivity index (χ0) is 19.3. The Hall–Kier alpha value is -3.87. The van der Waals surface area contributed by atoms with E-state index < -0.39 is 0 Å². The molecule has 2 heterocycles. The second-order valence-electron chi connectivity index (χ2n) is 6.04. The van der Waals surface area contributed by atoms with Crippen molar-refractivity contribution in [2.45, 2.75) is 0 Å². The number of methoxy groups -OCH3 is 1. The van der Waals surface area contributed by atoms with Crippen LogP contribution in [0.15, 0.2) is 73.2 Å². The number of carbonyl (C=O) groups is 1. The van der Waals surface area contributed by atoms with E-state index in [1.165, 1.54) is 0 Å². The van der Waals surface area contributed by atoms with E-state index in [9.17, 15) is 4.79 Å². The zero-order valence-corrected chi connectivity index (χ0v) is 15.2. The van der Waals surface area contributed by atoms with Gasteiger partial charge in [0.05, 0.1) is 12.8 Å². The van der Waals surface area contributed by atoms with E-state index in [4.69, 9.17) is 9.47 Å². The first-order valence-corrected chi connectivity index (χ1v) is 8.68. The van der Waals surface area contributed by atoms with Crippen molar-refractivity contribution in [2.24, 2.45) is 0 Å². The Morgan fingerprint density at radius 2 is 1.82 bits per heavy atom. The van der Waals surface area contributed by atoms with Crippen LogP contribution in [0.25, 0.3) is 17.0 Å². The molecule has 0 radical (unpaired) electrons. The van der Waals surface area contributed by atoms with Crippen molar-refractivity contribution in [3.63, 3.8) is 0 Å². The van der Waals surface area contributed by atoms with Gasteiger partial charge in [0.1, 0.15) is 11.5 Å². The minimum Gasteiger partial charge on any atom is -0.497 e. The number of aromatic nitrogens is 3. The van der Waals surface area contributed by atoms with Gasteiger partial charge < -0.3 is 14.8 Å². The van der Waals surface area contributed by atoms with Crippen molar-refractivity contribution in [1.29, 1.82) is 0 Å². The number of nitrogens with zero attached hydrogens (tertiary/aromatic N) is 3. The van der Waals surface area contributed by atoms with Gasteiger partial charge in [-0.1, -0.05) is 12.1 Å². The van der Waals surface area contributed by atoms with Crippen molar-refractivity contribution >= 4 is 17.4 Å². The number of carbonyl (C=O) groups excluding carboxylic acids is 1. The number of nitrogens with one attached hydrogen (secondary N) is 1. The predicted molar refractivity (Wildman–Crippen MR) is 106 cm³/mol. The molecule has 140 valence electrons. The van der Waals surface area contributed by atoms with Gasteiger partial charge in [-0.2, -0.15) is 0 Å². The number of amides is 1. The molecular weight excluding hydrogens is 356 g/mol. The van der Waals surface area contributed by atoms with E-state index in [0.29, 0.717) is 17.2 Å². The molecule has 4 rings (SSSR count). The van der Waals surface area contributed by atoms with Gasteiger partial charge in [-0.05, 0) is 42.5 Å². The summed E-state index contributed by atoms with van der Waals surface area (Å²) >= 11 is 0. The van der Waals surface area contributed by atoms with Crippen molar-refractivity contribution < 1.29 is 14.3 Å². The molecule has 1 amide bonds. The first kappa shape index (κ1) is 17.5. The van der Waals surface area contributed by atoms with Gasteiger partial charge in [0.15, 0.2) is 6.61 Å². The number of hydrogen-bond donors (Lipinski definition) is 1. The largest absolute Gasteiger partial charge is 0.497 e. The molecule has 2 aromatic heterocycles. The lowest BCUT2D eigenvalue weighted by molar-refractivity contribution is -0.118. The number of imidazole rings is 1. The minimum atomic E-state index is -0.236. The highest BCUT2D eigenvalue weighted by Crippen LogP contribution is 2.21. The summed E-state index contributed by atoms with van der Waals surface area (Å²) in [6, 6.07) is 16.4. The second kappa shape index (κ2) is 7.79. The molecule has 0 saturated heterocycles. The molecule has 0 unspecified atom stereocenters. The van der Waals surface area contributed by atoms with E-state index in [-0.39, 0.29) is 12.5 Å². The van der Waals surface area contributed by atoms with Crippen LogP contribution in [0.5, 0.6) is 11.5 Å². The predicted octanol–water partition coefficient (Wildman–Crippen LogP) is 3.42. The number of fused-ring (bicyclic) bond motifs is 1. The molecule has 7 nitrogen and oxygen atoms in total. The average molecular weight is 374 g/mol. The van der Waals surface area contributed by atoms with E-state index in [1.54, 1.807) is 37.6 Å². The summed E-state index contributed by atoms with van der Waals surface area (Å²) in [5.74, 6) is 1.75. The van der Waals surface area contributed by atoms with Crippen molar-refractivity contribution in [2.75, 3.05) is 19.0 Å². The minimum absolute atomic E-state index is 0.0772. The molecule has 1 N–H and O–H groups in total. The number of hydrogen-bond acceptors (Lipinski definition) is 5. The maximum absolute atomic E-state index is 12.1. The first-order chi connectivity index (χ1) is 13.7. The van der Waals surface area contributed by atoms with Crippen LogP contribution >= 0.6 is 0 Å². The van der Waals surface area contributed by atoms with Crippen LogP contribution in [0.1, 0.15) is 0 Å². The van der Waals surface area contributed by atoms with Crippen LogP contribution in [-0.4, -0.2) is 34.0 Å². The molecule has 0 aliphatic carbocycles. The van der Waals surface area contributed by atoms with E-state index in [0.717, 1.165) is 17.0 Å². The van der Waals surface area contributed by atoms with E-state index in [1.807, 2.05) is 47.1 Å². The lowest BCUT2D eigenvalue weighted by atomic mass is 10.1. The SMILES string of the molecule is COc1ccc(OCC(=O)Nc2ccc(-c3cn4cccnc4n3)cc2)cc1. The fraction of sp³-hybridized carbons (Fsp3) is 0.0952. The van der Waals surface area contributed by atoms with Crippen LogP contribution in [0.2, 0.25) is 0 Å². The molecule has 0 bridgehead atoms. The summed E-state index contributed by atoms with van der Waals surface area (Å²) in [5, 5.41) is 2.81. The fourth-order valence-electron chi connectivity index (χ4n) is 2.71. The highest BCUT2D eigenvalue weighted by molar-refractivity contribution is 5.92. The standard InChI is InChI=1S/C21H18N4O3/c1-27-17-7-9-18(10-8-17)28-14-20(26)23-16-5-3-15(4-6-16)19-13-25-12-2-11-22-21(25)24-19/h2-13H,14H2,1H3,(H,23,26). The number of benzene rings is 2. The Kier molecular flexibility index (Phi) is 4.88. The molecule has 0 spiro atoms. The maximum Gasteiger partial charge on any atom is 0.262 e. The molecular formula is C21H18N4O3. The topological polar surface area (TPSA) is 77.8 Å². The highest BCUT2D eigenvalue weighted by Gasteiger charge is 2.07. The number of rotatable bonds is 6. The number of ether oxygens (including phenoxy) is 2.